The van der Waals surface area contributed by atoms with Crippen molar-refractivity contribution in [1.29, 1.82) is 0 Å². The van der Waals surface area contributed by atoms with E-state index in [-0.39, 0.29) is 0 Å². The Labute approximate surface area is 127 Å². The van der Waals surface area contributed by atoms with Crippen LogP contribution in [0.2, 0.25) is 0 Å². The fourth-order valence-corrected chi connectivity index (χ4v) is 3.09. The van der Waals surface area contributed by atoms with Crippen molar-refractivity contribution >= 4 is 16.5 Å². The van der Waals surface area contributed by atoms with Crippen molar-refractivity contribution < 1.29 is 8.95 Å². The molecule has 1 heterocycles. The van der Waals surface area contributed by atoms with Crippen LogP contribution in [-0.2, 0) is 16.6 Å². The van der Waals surface area contributed by atoms with Crippen LogP contribution in [0, 0.1) is 0 Å². The Morgan fingerprint density at radius 2 is 2.19 bits per heavy atom. The topological polar surface area (TPSA) is 70.1 Å². The molecule has 0 aliphatic heterocycles. The molecule has 0 aliphatic rings. The third kappa shape index (κ3) is 3.64. The Balaban J connectivity index is 2.16. The van der Waals surface area contributed by atoms with E-state index in [9.17, 15) is 4.21 Å². The summed E-state index contributed by atoms with van der Waals surface area (Å²) in [5, 5.41) is 4.47. The molecule has 5 nitrogen and oxygen atoms in total. The van der Waals surface area contributed by atoms with Gasteiger partial charge in [0.2, 0.25) is 0 Å². The van der Waals surface area contributed by atoms with Gasteiger partial charge in [-0.25, -0.2) is 0 Å². The molecule has 2 aromatic rings. The maximum Gasteiger partial charge on any atom is 0.120 e. The average Bonchev–Trinajstić information content (AvgIpc) is 2.95. The molecule has 0 aliphatic carbocycles. The molecular weight excluding hydrogens is 286 g/mol. The normalized spacial score (nSPS) is 13.9. The van der Waals surface area contributed by atoms with Crippen LogP contribution >= 0.6 is 0 Å². The van der Waals surface area contributed by atoms with Crippen LogP contribution in [0.25, 0.3) is 0 Å². The van der Waals surface area contributed by atoms with Gasteiger partial charge >= 0.3 is 0 Å². The molecule has 1 aromatic carbocycles. The highest BCUT2D eigenvalue weighted by Crippen LogP contribution is 2.24. The van der Waals surface area contributed by atoms with Gasteiger partial charge in [0, 0.05) is 17.9 Å². The Morgan fingerprint density at radius 3 is 2.86 bits per heavy atom. The summed E-state index contributed by atoms with van der Waals surface area (Å²) in [5.74, 6) is 0.999. The Morgan fingerprint density at radius 1 is 1.43 bits per heavy atom. The third-order valence-corrected chi connectivity index (χ3v) is 4.85. The second-order valence-electron chi connectivity index (χ2n) is 4.94. The van der Waals surface area contributed by atoms with E-state index in [0.717, 1.165) is 12.1 Å². The molecule has 2 atom stereocenters. The van der Waals surface area contributed by atoms with Gasteiger partial charge in [0.15, 0.2) is 0 Å². The molecule has 1 aromatic heterocycles. The Hall–Kier alpha value is -1.82. The third-order valence-electron chi connectivity index (χ3n) is 3.45. The Kier molecular flexibility index (Phi) is 5.01. The molecule has 0 amide bonds. The molecule has 2 unspecified atom stereocenters. The summed E-state index contributed by atoms with van der Waals surface area (Å²) in [6.45, 7) is 4.22. The summed E-state index contributed by atoms with van der Waals surface area (Å²) in [5.41, 5.74) is 7.21. The van der Waals surface area contributed by atoms with Gasteiger partial charge in [-0.1, -0.05) is 6.92 Å². The van der Waals surface area contributed by atoms with Crippen molar-refractivity contribution in [3.63, 3.8) is 0 Å². The molecule has 0 spiro atoms. The molecule has 0 saturated carbocycles. The van der Waals surface area contributed by atoms with Gasteiger partial charge in [0.1, 0.15) is 5.75 Å². The van der Waals surface area contributed by atoms with E-state index in [1.807, 2.05) is 16.9 Å². The first kappa shape index (κ1) is 15.6. The number of benzene rings is 1. The van der Waals surface area contributed by atoms with E-state index in [0.29, 0.717) is 28.1 Å². The highest BCUT2D eigenvalue weighted by molar-refractivity contribution is 7.84. The SMILES string of the molecule is CCC(C)n1ccc(CS(=O)c2cc(OC)ccc2N)n1. The van der Waals surface area contributed by atoms with Crippen LogP contribution < -0.4 is 10.5 Å². The molecule has 6 heteroatoms. The van der Waals surface area contributed by atoms with Crippen molar-refractivity contribution in [2.24, 2.45) is 0 Å². The number of hydrogen-bond donors (Lipinski definition) is 1. The summed E-state index contributed by atoms with van der Waals surface area (Å²) >= 11 is 0. The summed E-state index contributed by atoms with van der Waals surface area (Å²) in [4.78, 5) is 0.590. The minimum Gasteiger partial charge on any atom is -0.497 e. The lowest BCUT2D eigenvalue weighted by molar-refractivity contribution is 0.413. The first-order valence-corrected chi connectivity index (χ1v) is 8.23. The van der Waals surface area contributed by atoms with E-state index in [2.05, 4.69) is 18.9 Å². The largest absolute Gasteiger partial charge is 0.497 e. The van der Waals surface area contributed by atoms with Gasteiger partial charge in [0.05, 0.1) is 34.3 Å². The Bertz CT molecular complexity index is 640. The fraction of sp³-hybridized carbons (Fsp3) is 0.400. The lowest BCUT2D eigenvalue weighted by Gasteiger charge is -2.09. The highest BCUT2D eigenvalue weighted by atomic mass is 32.2. The number of hydrogen-bond acceptors (Lipinski definition) is 4. The summed E-state index contributed by atoms with van der Waals surface area (Å²) in [6, 6.07) is 7.43. The number of anilines is 1. The van der Waals surface area contributed by atoms with Gasteiger partial charge in [0.25, 0.3) is 0 Å². The number of rotatable bonds is 6. The van der Waals surface area contributed by atoms with Crippen LogP contribution in [0.1, 0.15) is 32.0 Å². The molecule has 2 rings (SSSR count). The molecule has 21 heavy (non-hydrogen) atoms. The standard InChI is InChI=1S/C15H21N3O2S/c1-4-11(2)18-8-7-12(17-18)10-21(19)15-9-13(20-3)5-6-14(15)16/h5-9,11H,4,10,16H2,1-3H3. The molecular formula is C15H21N3O2S. The maximum absolute atomic E-state index is 12.5. The number of nitrogens with zero attached hydrogens (tertiary/aromatic N) is 2. The molecule has 114 valence electrons. The van der Waals surface area contributed by atoms with E-state index < -0.39 is 10.8 Å². The number of nitrogen functional groups attached to an aromatic ring is 1. The maximum atomic E-state index is 12.5. The predicted octanol–water partition coefficient (Wildman–Crippen LogP) is 2.75. The van der Waals surface area contributed by atoms with Gasteiger partial charge in [-0.05, 0) is 37.6 Å². The van der Waals surface area contributed by atoms with Gasteiger partial charge in [-0.2, -0.15) is 5.10 Å². The van der Waals surface area contributed by atoms with Crippen LogP contribution in [0.15, 0.2) is 35.4 Å². The van der Waals surface area contributed by atoms with E-state index in [1.165, 1.54) is 0 Å². The number of methoxy groups -OCH3 is 1. The summed E-state index contributed by atoms with van der Waals surface area (Å²) in [7, 11) is 0.335. The van der Waals surface area contributed by atoms with Crippen molar-refractivity contribution in [3.05, 3.63) is 36.2 Å². The quantitative estimate of drug-likeness (QED) is 0.833. The van der Waals surface area contributed by atoms with E-state index in [4.69, 9.17) is 10.5 Å². The summed E-state index contributed by atoms with van der Waals surface area (Å²) in [6.07, 6.45) is 2.93. The second kappa shape index (κ2) is 6.76. The van der Waals surface area contributed by atoms with Crippen LogP contribution in [-0.4, -0.2) is 21.1 Å². The van der Waals surface area contributed by atoms with Gasteiger partial charge < -0.3 is 10.5 Å². The lowest BCUT2D eigenvalue weighted by atomic mass is 10.3. The van der Waals surface area contributed by atoms with Gasteiger partial charge in [-0.15, -0.1) is 0 Å². The zero-order valence-corrected chi connectivity index (χ0v) is 13.4. The second-order valence-corrected chi connectivity index (χ2v) is 6.36. The van der Waals surface area contributed by atoms with Crippen molar-refractivity contribution in [3.8, 4) is 5.75 Å². The molecule has 0 radical (unpaired) electrons. The zero-order valence-electron chi connectivity index (χ0n) is 12.6. The average molecular weight is 307 g/mol. The van der Waals surface area contributed by atoms with Crippen molar-refractivity contribution in [1.82, 2.24) is 9.78 Å². The highest BCUT2D eigenvalue weighted by Gasteiger charge is 2.13. The molecule has 0 saturated heterocycles. The van der Waals surface area contributed by atoms with E-state index >= 15 is 0 Å². The number of ether oxygens (including phenoxy) is 1. The number of nitrogens with two attached hydrogens (primary N) is 1. The van der Waals surface area contributed by atoms with Crippen LogP contribution in [0.3, 0.4) is 0 Å². The minimum atomic E-state index is -1.24. The summed E-state index contributed by atoms with van der Waals surface area (Å²) < 4.78 is 19.5. The smallest absolute Gasteiger partial charge is 0.120 e. The first-order valence-electron chi connectivity index (χ1n) is 6.91. The monoisotopic (exact) mass is 307 g/mol. The van der Waals surface area contributed by atoms with Crippen molar-refractivity contribution in [2.45, 2.75) is 37.0 Å². The zero-order chi connectivity index (χ0) is 15.4. The fourth-order valence-electron chi connectivity index (χ4n) is 1.94. The number of aromatic nitrogens is 2. The molecule has 2 N–H and O–H groups in total. The van der Waals surface area contributed by atoms with Crippen LogP contribution in [0.4, 0.5) is 5.69 Å². The first-order chi connectivity index (χ1) is 10.0. The lowest BCUT2D eigenvalue weighted by Crippen LogP contribution is -2.06. The predicted molar refractivity (Wildman–Crippen MR) is 84.7 cm³/mol. The van der Waals surface area contributed by atoms with Crippen LogP contribution in [0.5, 0.6) is 5.75 Å². The van der Waals surface area contributed by atoms with Crippen molar-refractivity contribution in [2.75, 3.05) is 12.8 Å². The van der Waals surface area contributed by atoms with Gasteiger partial charge in [-0.3, -0.25) is 8.89 Å². The molecule has 0 bridgehead atoms. The molecule has 0 fully saturated rings. The minimum absolute atomic E-state index is 0.342. The van der Waals surface area contributed by atoms with E-state index in [1.54, 1.807) is 25.3 Å².